The van der Waals surface area contributed by atoms with Crippen LogP contribution in [-0.2, 0) is 4.79 Å². The molecule has 21 heavy (non-hydrogen) atoms. The Labute approximate surface area is 125 Å². The Morgan fingerprint density at radius 3 is 2.19 bits per heavy atom. The van der Waals surface area contributed by atoms with Crippen molar-refractivity contribution in [2.75, 3.05) is 0 Å². The first-order valence-corrected chi connectivity index (χ1v) is 8.79. The first kappa shape index (κ1) is 12.5. The van der Waals surface area contributed by atoms with Gasteiger partial charge in [0.25, 0.3) is 0 Å². The summed E-state index contributed by atoms with van der Waals surface area (Å²) >= 11 is 0. The quantitative estimate of drug-likeness (QED) is 0.806. The van der Waals surface area contributed by atoms with Crippen LogP contribution in [0.3, 0.4) is 0 Å². The van der Waals surface area contributed by atoms with Crippen molar-refractivity contribution in [1.29, 1.82) is 0 Å². The van der Waals surface area contributed by atoms with Crippen LogP contribution < -0.4 is 5.32 Å². The van der Waals surface area contributed by atoms with E-state index < -0.39 is 0 Å². The van der Waals surface area contributed by atoms with Crippen LogP contribution in [0.25, 0.3) is 0 Å². The molecule has 0 aromatic heterocycles. The summed E-state index contributed by atoms with van der Waals surface area (Å²) in [6.07, 6.45) is 10.3. The van der Waals surface area contributed by atoms with Crippen molar-refractivity contribution >= 4 is 11.9 Å². The third-order valence-corrected chi connectivity index (χ3v) is 7.05. The number of imide groups is 1. The summed E-state index contributed by atoms with van der Waals surface area (Å²) in [5.74, 6) is 2.51. The van der Waals surface area contributed by atoms with Gasteiger partial charge in [0.1, 0.15) is 0 Å². The van der Waals surface area contributed by atoms with Crippen LogP contribution in [0.1, 0.15) is 57.8 Å². The molecule has 1 N–H and O–H groups in total. The zero-order valence-electron chi connectivity index (χ0n) is 12.5. The van der Waals surface area contributed by atoms with Crippen LogP contribution in [-0.4, -0.2) is 28.4 Å². The van der Waals surface area contributed by atoms with Gasteiger partial charge < -0.3 is 5.32 Å². The summed E-state index contributed by atoms with van der Waals surface area (Å²) in [5, 5.41) is 3.15. The molecule has 0 aromatic carbocycles. The third kappa shape index (κ3) is 1.62. The minimum Gasteiger partial charge on any atom is -0.334 e. The average Bonchev–Trinajstić information content (AvgIpc) is 2.84. The van der Waals surface area contributed by atoms with Gasteiger partial charge in [0.15, 0.2) is 0 Å². The van der Waals surface area contributed by atoms with Gasteiger partial charge in [-0.05, 0) is 69.1 Å². The molecule has 0 spiro atoms. The fourth-order valence-corrected chi connectivity index (χ4v) is 6.71. The van der Waals surface area contributed by atoms with Crippen LogP contribution in [0.15, 0.2) is 0 Å². The molecule has 6 rings (SSSR count). The van der Waals surface area contributed by atoms with E-state index in [0.717, 1.165) is 56.3 Å². The Morgan fingerprint density at radius 1 is 0.952 bits per heavy atom. The van der Waals surface area contributed by atoms with Gasteiger partial charge in [-0.25, -0.2) is 4.79 Å². The van der Waals surface area contributed by atoms with E-state index in [0.29, 0.717) is 0 Å². The lowest BCUT2D eigenvalue weighted by Gasteiger charge is -2.60. The third-order valence-electron chi connectivity index (χ3n) is 7.05. The summed E-state index contributed by atoms with van der Waals surface area (Å²) in [5.41, 5.74) is -0.122. The van der Waals surface area contributed by atoms with Crippen molar-refractivity contribution in [3.05, 3.63) is 0 Å². The molecule has 0 radical (unpaired) electrons. The van der Waals surface area contributed by atoms with Crippen molar-refractivity contribution < 1.29 is 9.59 Å². The highest BCUT2D eigenvalue weighted by molar-refractivity contribution is 5.99. The highest BCUT2D eigenvalue weighted by Crippen LogP contribution is 2.58. The SMILES string of the molecule is O=C1NC2CCCC2C(=O)N1C12CC3CC(CC(C3)C1)C2. The van der Waals surface area contributed by atoms with Crippen LogP contribution in [0.5, 0.6) is 0 Å². The van der Waals surface area contributed by atoms with E-state index in [-0.39, 0.29) is 29.4 Å². The number of carbonyl (C=O) groups is 2. The zero-order valence-corrected chi connectivity index (χ0v) is 12.5. The molecule has 5 saturated carbocycles. The predicted octanol–water partition coefficient (Wildman–Crippen LogP) is 2.68. The van der Waals surface area contributed by atoms with Crippen molar-refractivity contribution in [3.63, 3.8) is 0 Å². The average molecular weight is 288 g/mol. The first-order chi connectivity index (χ1) is 10.1. The van der Waals surface area contributed by atoms with E-state index in [4.69, 9.17) is 0 Å². The van der Waals surface area contributed by atoms with Crippen LogP contribution in [0.4, 0.5) is 4.79 Å². The highest BCUT2D eigenvalue weighted by atomic mass is 16.2. The lowest BCUT2D eigenvalue weighted by Crippen LogP contribution is -2.69. The van der Waals surface area contributed by atoms with Gasteiger partial charge >= 0.3 is 6.03 Å². The van der Waals surface area contributed by atoms with Gasteiger partial charge in [-0.2, -0.15) is 0 Å². The molecule has 4 bridgehead atoms. The number of nitrogens with zero attached hydrogens (tertiary/aromatic N) is 1. The Balaban J connectivity index is 1.51. The normalized spacial score (nSPS) is 51.2. The van der Waals surface area contributed by atoms with E-state index in [1.165, 1.54) is 19.3 Å². The second kappa shape index (κ2) is 4.02. The summed E-state index contributed by atoms with van der Waals surface area (Å²) in [7, 11) is 0. The molecule has 4 nitrogen and oxygen atoms in total. The number of hydrogen-bond donors (Lipinski definition) is 1. The number of nitrogens with one attached hydrogen (secondary N) is 1. The molecule has 0 aromatic rings. The van der Waals surface area contributed by atoms with Crippen LogP contribution in [0.2, 0.25) is 0 Å². The van der Waals surface area contributed by atoms with Gasteiger partial charge in [-0.15, -0.1) is 0 Å². The minimum absolute atomic E-state index is 0.0655. The molecule has 1 saturated heterocycles. The second-order valence-electron chi connectivity index (χ2n) is 8.41. The van der Waals surface area contributed by atoms with Gasteiger partial charge in [-0.1, -0.05) is 6.42 Å². The van der Waals surface area contributed by atoms with Crippen molar-refractivity contribution in [1.82, 2.24) is 10.2 Å². The predicted molar refractivity (Wildman–Crippen MR) is 77.4 cm³/mol. The van der Waals surface area contributed by atoms with Gasteiger partial charge in [-0.3, -0.25) is 9.69 Å². The first-order valence-electron chi connectivity index (χ1n) is 8.79. The summed E-state index contributed by atoms with van der Waals surface area (Å²) in [4.78, 5) is 27.4. The highest BCUT2D eigenvalue weighted by Gasteiger charge is 2.59. The van der Waals surface area contributed by atoms with E-state index in [2.05, 4.69) is 5.32 Å². The summed E-state index contributed by atoms with van der Waals surface area (Å²) in [6.45, 7) is 0. The Hall–Kier alpha value is -1.06. The molecule has 3 amide bonds. The lowest BCUT2D eigenvalue weighted by molar-refractivity contribution is -0.150. The smallest absolute Gasteiger partial charge is 0.324 e. The maximum Gasteiger partial charge on any atom is 0.324 e. The molecule has 1 heterocycles. The fourth-order valence-electron chi connectivity index (χ4n) is 6.71. The van der Waals surface area contributed by atoms with Crippen molar-refractivity contribution in [3.8, 4) is 0 Å². The molecule has 4 heteroatoms. The zero-order chi connectivity index (χ0) is 14.2. The number of rotatable bonds is 1. The molecule has 2 unspecified atom stereocenters. The van der Waals surface area contributed by atoms with Crippen LogP contribution in [0, 0.1) is 23.7 Å². The standard InChI is InChI=1S/C17H24N2O2/c20-15-13-2-1-3-14(13)18-16(21)19(15)17-7-10-4-11(8-17)6-12(5-10)9-17/h10-14H,1-9H2,(H,18,21). The number of urea groups is 1. The molecule has 6 fully saturated rings. The van der Waals surface area contributed by atoms with E-state index >= 15 is 0 Å². The Bertz CT molecular complexity index is 480. The fraction of sp³-hybridized carbons (Fsp3) is 0.882. The molecular weight excluding hydrogens is 264 g/mol. The largest absolute Gasteiger partial charge is 0.334 e. The monoisotopic (exact) mass is 288 g/mol. The van der Waals surface area contributed by atoms with E-state index in [1.807, 2.05) is 0 Å². The van der Waals surface area contributed by atoms with Gasteiger partial charge in [0.2, 0.25) is 5.91 Å². The topological polar surface area (TPSA) is 49.4 Å². The molecule has 1 aliphatic heterocycles. The Morgan fingerprint density at radius 2 is 1.57 bits per heavy atom. The second-order valence-corrected chi connectivity index (χ2v) is 8.41. The Kier molecular flexibility index (Phi) is 2.39. The lowest BCUT2D eigenvalue weighted by atomic mass is 9.52. The number of fused-ring (bicyclic) bond motifs is 1. The summed E-state index contributed by atoms with van der Waals surface area (Å²) in [6, 6.07) is 0.0419. The van der Waals surface area contributed by atoms with Crippen LogP contribution >= 0.6 is 0 Å². The maximum absolute atomic E-state index is 13.0. The minimum atomic E-state index is -0.122. The molecule has 114 valence electrons. The van der Waals surface area contributed by atoms with E-state index in [1.54, 1.807) is 4.90 Å². The number of carbonyl (C=O) groups excluding carboxylic acids is 2. The van der Waals surface area contributed by atoms with Crippen molar-refractivity contribution in [2.24, 2.45) is 23.7 Å². The van der Waals surface area contributed by atoms with Crippen molar-refractivity contribution in [2.45, 2.75) is 69.4 Å². The van der Waals surface area contributed by atoms with E-state index in [9.17, 15) is 9.59 Å². The van der Waals surface area contributed by atoms with Gasteiger partial charge in [0, 0.05) is 6.04 Å². The molecule has 6 aliphatic rings. The number of amides is 3. The number of hydrogen-bond acceptors (Lipinski definition) is 2. The summed E-state index contributed by atoms with van der Waals surface area (Å²) < 4.78 is 0. The molecule has 2 atom stereocenters. The van der Waals surface area contributed by atoms with Gasteiger partial charge in [0.05, 0.1) is 11.5 Å². The maximum atomic E-state index is 13.0. The molecule has 5 aliphatic carbocycles. The molecular formula is C17H24N2O2.